The topological polar surface area (TPSA) is 117 Å². The van der Waals surface area contributed by atoms with E-state index in [0.29, 0.717) is 17.5 Å². The molecule has 1 amide bonds. The Morgan fingerprint density at radius 1 is 1.20 bits per heavy atom. The number of hydrogen-bond donors (Lipinski definition) is 2. The number of carbonyl (C=O) groups excluding carboxylic acids is 1. The zero-order valence-electron chi connectivity index (χ0n) is 13.5. The summed E-state index contributed by atoms with van der Waals surface area (Å²) in [6.45, 7) is 0.596. The van der Waals surface area contributed by atoms with E-state index in [0.717, 1.165) is 11.1 Å². The average Bonchev–Trinajstić information content (AvgIpc) is 2.93. The van der Waals surface area contributed by atoms with Crippen LogP contribution in [0.3, 0.4) is 0 Å². The van der Waals surface area contributed by atoms with E-state index in [2.05, 4.69) is 0 Å². The third-order valence-electron chi connectivity index (χ3n) is 4.12. The number of nitro benzene ring substituents is 1. The van der Waals surface area contributed by atoms with Crippen LogP contribution in [0, 0.1) is 10.1 Å². The molecule has 0 spiro atoms. The molecule has 0 saturated heterocycles. The highest BCUT2D eigenvalue weighted by atomic mass is 16.6. The van der Waals surface area contributed by atoms with Crippen molar-refractivity contribution in [3.8, 4) is 0 Å². The number of aromatic nitrogens is 1. The third kappa shape index (κ3) is 3.51. The van der Waals surface area contributed by atoms with Crippen molar-refractivity contribution in [1.82, 2.24) is 4.57 Å². The molecule has 1 heterocycles. The van der Waals surface area contributed by atoms with Crippen molar-refractivity contribution in [3.05, 3.63) is 76.0 Å². The van der Waals surface area contributed by atoms with Gasteiger partial charge in [-0.3, -0.25) is 14.9 Å². The smallest absolute Gasteiger partial charge is 0.270 e. The Labute approximate surface area is 144 Å². The van der Waals surface area contributed by atoms with Crippen LogP contribution < -0.4 is 11.5 Å². The average molecular weight is 338 g/mol. The predicted molar refractivity (Wildman–Crippen MR) is 94.9 cm³/mol. The molecule has 1 unspecified atom stereocenters. The van der Waals surface area contributed by atoms with Gasteiger partial charge in [0.15, 0.2) is 0 Å². The number of primary amides is 1. The second-order valence-corrected chi connectivity index (χ2v) is 5.93. The van der Waals surface area contributed by atoms with E-state index in [1.807, 2.05) is 41.1 Å². The molecule has 0 fully saturated rings. The second-order valence-electron chi connectivity index (χ2n) is 5.93. The van der Waals surface area contributed by atoms with Gasteiger partial charge >= 0.3 is 0 Å². The van der Waals surface area contributed by atoms with Crippen LogP contribution in [0.25, 0.3) is 10.9 Å². The number of amides is 1. The minimum atomic E-state index is -0.612. The molecule has 0 aliphatic heterocycles. The lowest BCUT2D eigenvalue weighted by molar-refractivity contribution is -0.384. The van der Waals surface area contributed by atoms with E-state index >= 15 is 0 Å². The summed E-state index contributed by atoms with van der Waals surface area (Å²) in [6, 6.07) is 13.9. The maximum Gasteiger partial charge on any atom is 0.270 e. The molecule has 0 radical (unpaired) electrons. The van der Waals surface area contributed by atoms with Crippen molar-refractivity contribution < 1.29 is 9.72 Å². The summed E-state index contributed by atoms with van der Waals surface area (Å²) in [4.78, 5) is 21.9. The lowest BCUT2D eigenvalue weighted by atomic mass is 10.0. The van der Waals surface area contributed by atoms with Crippen molar-refractivity contribution in [2.45, 2.75) is 19.0 Å². The summed E-state index contributed by atoms with van der Waals surface area (Å²) in [6.07, 6.45) is 1.82. The lowest BCUT2D eigenvalue weighted by Gasteiger charge is -2.07. The largest absolute Gasteiger partial charge is 0.370 e. The number of rotatable bonds is 6. The van der Waals surface area contributed by atoms with Gasteiger partial charge in [-0.1, -0.05) is 30.3 Å². The van der Waals surface area contributed by atoms with Gasteiger partial charge in [0.2, 0.25) is 5.91 Å². The summed E-state index contributed by atoms with van der Waals surface area (Å²) in [7, 11) is 0. The highest BCUT2D eigenvalue weighted by molar-refractivity contribution is 5.87. The van der Waals surface area contributed by atoms with Crippen LogP contribution in [-0.4, -0.2) is 15.4 Å². The van der Waals surface area contributed by atoms with Crippen molar-refractivity contribution >= 4 is 22.5 Å². The first-order valence-electron chi connectivity index (χ1n) is 7.80. The normalized spacial score (nSPS) is 12.2. The van der Waals surface area contributed by atoms with E-state index in [-0.39, 0.29) is 12.1 Å². The maximum absolute atomic E-state index is 11.2. The fraction of sp³-hybridized carbons (Fsp3) is 0.167. The highest BCUT2D eigenvalue weighted by Crippen LogP contribution is 2.30. The van der Waals surface area contributed by atoms with Gasteiger partial charge < -0.3 is 16.0 Å². The van der Waals surface area contributed by atoms with Crippen molar-refractivity contribution in [2.24, 2.45) is 11.5 Å². The van der Waals surface area contributed by atoms with Gasteiger partial charge in [-0.05, 0) is 17.2 Å². The SMILES string of the molecule is NC(=O)CC(N)c1cn(Cc2ccccc2)c2ccc([N+](=O)[O-])cc12. The van der Waals surface area contributed by atoms with Gasteiger partial charge in [0.25, 0.3) is 5.69 Å². The number of nitro groups is 1. The minimum absolute atomic E-state index is 0.0162. The fourth-order valence-electron chi connectivity index (χ4n) is 2.96. The van der Waals surface area contributed by atoms with E-state index < -0.39 is 16.9 Å². The van der Waals surface area contributed by atoms with Gasteiger partial charge in [0.1, 0.15) is 0 Å². The summed E-state index contributed by atoms with van der Waals surface area (Å²) < 4.78 is 1.98. The number of carbonyl (C=O) groups is 1. The number of hydrogen-bond acceptors (Lipinski definition) is 4. The Hall–Kier alpha value is -3.19. The van der Waals surface area contributed by atoms with E-state index in [4.69, 9.17) is 11.5 Å². The van der Waals surface area contributed by atoms with Crippen LogP contribution in [0.5, 0.6) is 0 Å². The van der Waals surface area contributed by atoms with Crippen LogP contribution in [0.15, 0.2) is 54.7 Å². The Bertz CT molecular complexity index is 934. The number of benzene rings is 2. The van der Waals surface area contributed by atoms with Gasteiger partial charge in [0, 0.05) is 48.2 Å². The van der Waals surface area contributed by atoms with Gasteiger partial charge in [-0.2, -0.15) is 0 Å². The first-order valence-corrected chi connectivity index (χ1v) is 7.80. The van der Waals surface area contributed by atoms with Crippen LogP contribution in [0.2, 0.25) is 0 Å². The Morgan fingerprint density at radius 2 is 1.92 bits per heavy atom. The molecule has 0 aliphatic carbocycles. The number of fused-ring (bicyclic) bond motifs is 1. The summed E-state index contributed by atoms with van der Waals surface area (Å²) in [5.41, 5.74) is 13.9. The third-order valence-corrected chi connectivity index (χ3v) is 4.12. The van der Waals surface area contributed by atoms with E-state index in [9.17, 15) is 14.9 Å². The van der Waals surface area contributed by atoms with Crippen molar-refractivity contribution in [2.75, 3.05) is 0 Å². The quantitative estimate of drug-likeness (QED) is 0.530. The number of nitrogens with zero attached hydrogens (tertiary/aromatic N) is 2. The zero-order chi connectivity index (χ0) is 18.0. The fourth-order valence-corrected chi connectivity index (χ4v) is 2.96. The first-order chi connectivity index (χ1) is 12.0. The predicted octanol–water partition coefficient (Wildman–Crippen LogP) is 2.47. The first kappa shape index (κ1) is 16.7. The van der Waals surface area contributed by atoms with Crippen molar-refractivity contribution in [1.29, 1.82) is 0 Å². The molecule has 0 bridgehead atoms. The number of non-ortho nitro benzene ring substituents is 1. The molecule has 1 aromatic heterocycles. The van der Waals surface area contributed by atoms with Crippen LogP contribution in [-0.2, 0) is 11.3 Å². The molecule has 1 atom stereocenters. The van der Waals surface area contributed by atoms with Crippen LogP contribution >= 0.6 is 0 Å². The molecule has 2 aromatic carbocycles. The zero-order valence-corrected chi connectivity index (χ0v) is 13.5. The molecule has 7 nitrogen and oxygen atoms in total. The maximum atomic E-state index is 11.2. The molecule has 3 aromatic rings. The Balaban J connectivity index is 2.11. The summed E-state index contributed by atoms with van der Waals surface area (Å²) in [5.74, 6) is -0.512. The highest BCUT2D eigenvalue weighted by Gasteiger charge is 2.19. The molecular formula is C18H18N4O3. The molecular weight excluding hydrogens is 320 g/mol. The summed E-state index contributed by atoms with van der Waals surface area (Å²) in [5, 5.41) is 11.8. The Kier molecular flexibility index (Phi) is 4.49. The molecule has 7 heteroatoms. The molecule has 3 rings (SSSR count). The molecule has 25 heavy (non-hydrogen) atoms. The molecule has 128 valence electrons. The standard InChI is InChI=1S/C18H18N4O3/c19-16(9-18(20)23)15-11-21(10-12-4-2-1-3-5-12)17-7-6-13(22(24)25)8-14(15)17/h1-8,11,16H,9-10,19H2,(H2,20,23). The summed E-state index contributed by atoms with van der Waals surface area (Å²) >= 11 is 0. The molecule has 0 aliphatic rings. The number of nitrogens with two attached hydrogens (primary N) is 2. The monoisotopic (exact) mass is 338 g/mol. The van der Waals surface area contributed by atoms with E-state index in [1.165, 1.54) is 12.1 Å². The van der Waals surface area contributed by atoms with Crippen LogP contribution in [0.4, 0.5) is 5.69 Å². The second kappa shape index (κ2) is 6.74. The van der Waals surface area contributed by atoms with E-state index in [1.54, 1.807) is 6.07 Å². The van der Waals surface area contributed by atoms with Gasteiger partial charge in [-0.25, -0.2) is 0 Å². The minimum Gasteiger partial charge on any atom is -0.370 e. The van der Waals surface area contributed by atoms with Gasteiger partial charge in [0.05, 0.1) is 4.92 Å². The lowest BCUT2D eigenvalue weighted by Crippen LogP contribution is -2.20. The molecule has 0 saturated carbocycles. The van der Waals surface area contributed by atoms with Crippen molar-refractivity contribution in [3.63, 3.8) is 0 Å². The molecule has 4 N–H and O–H groups in total. The Morgan fingerprint density at radius 3 is 2.56 bits per heavy atom. The van der Waals surface area contributed by atoms with Crippen LogP contribution in [0.1, 0.15) is 23.6 Å². The van der Waals surface area contributed by atoms with Gasteiger partial charge in [-0.15, -0.1) is 0 Å².